The summed E-state index contributed by atoms with van der Waals surface area (Å²) in [4.78, 5) is 0. The van der Waals surface area contributed by atoms with Crippen LogP contribution in [0.5, 0.6) is 0 Å². The van der Waals surface area contributed by atoms with E-state index < -0.39 is 0 Å². The van der Waals surface area contributed by atoms with Crippen molar-refractivity contribution in [2.24, 2.45) is 0 Å². The molecule has 0 bridgehead atoms. The van der Waals surface area contributed by atoms with Gasteiger partial charge < -0.3 is 10.1 Å². The summed E-state index contributed by atoms with van der Waals surface area (Å²) in [6.45, 7) is 5.03. The fraction of sp³-hybridized carbons (Fsp3) is 0.538. The number of benzene rings is 1. The predicted octanol–water partition coefficient (Wildman–Crippen LogP) is 2.26. The standard InChI is InChI=1S/C13H19NO/c1-11-5-2-3-6-12(11)9-14-10-13-7-4-8-15-13/h2-3,5-6,13-14H,4,7-10H2,1H3/t13-/m1/s1. The monoisotopic (exact) mass is 205 g/mol. The van der Waals surface area contributed by atoms with Crippen molar-refractivity contribution in [3.63, 3.8) is 0 Å². The summed E-state index contributed by atoms with van der Waals surface area (Å²) in [7, 11) is 0. The van der Waals surface area contributed by atoms with Gasteiger partial charge in [-0.3, -0.25) is 0 Å². The molecule has 2 rings (SSSR count). The van der Waals surface area contributed by atoms with E-state index in [1.807, 2.05) is 0 Å². The summed E-state index contributed by atoms with van der Waals surface area (Å²) in [5.74, 6) is 0. The minimum Gasteiger partial charge on any atom is -0.377 e. The van der Waals surface area contributed by atoms with E-state index in [-0.39, 0.29) is 0 Å². The van der Waals surface area contributed by atoms with Crippen molar-refractivity contribution in [1.29, 1.82) is 0 Å². The maximum Gasteiger partial charge on any atom is 0.0700 e. The van der Waals surface area contributed by atoms with Gasteiger partial charge in [0.15, 0.2) is 0 Å². The van der Waals surface area contributed by atoms with E-state index in [1.165, 1.54) is 24.0 Å². The van der Waals surface area contributed by atoms with Gasteiger partial charge in [0.1, 0.15) is 0 Å². The summed E-state index contributed by atoms with van der Waals surface area (Å²) in [6, 6.07) is 8.51. The second-order valence-corrected chi connectivity index (χ2v) is 4.19. The van der Waals surface area contributed by atoms with Gasteiger partial charge >= 0.3 is 0 Å². The summed E-state index contributed by atoms with van der Waals surface area (Å²) < 4.78 is 5.56. The normalized spacial score (nSPS) is 20.7. The number of hydrogen-bond donors (Lipinski definition) is 1. The molecule has 15 heavy (non-hydrogen) atoms. The van der Waals surface area contributed by atoms with E-state index in [0.29, 0.717) is 6.10 Å². The Morgan fingerprint density at radius 3 is 3.00 bits per heavy atom. The van der Waals surface area contributed by atoms with Crippen LogP contribution in [0.2, 0.25) is 0 Å². The lowest BCUT2D eigenvalue weighted by atomic mass is 10.1. The highest BCUT2D eigenvalue weighted by Crippen LogP contribution is 2.11. The zero-order valence-electron chi connectivity index (χ0n) is 9.33. The van der Waals surface area contributed by atoms with Crippen LogP contribution >= 0.6 is 0 Å². The number of aryl methyl sites for hydroxylation is 1. The molecule has 1 saturated heterocycles. The smallest absolute Gasteiger partial charge is 0.0700 e. The first-order chi connectivity index (χ1) is 7.36. The summed E-state index contributed by atoms with van der Waals surface area (Å²) in [5.41, 5.74) is 2.74. The molecule has 1 atom stereocenters. The molecule has 1 heterocycles. The van der Waals surface area contributed by atoms with E-state index >= 15 is 0 Å². The van der Waals surface area contributed by atoms with Gasteiger partial charge in [0.25, 0.3) is 0 Å². The highest BCUT2D eigenvalue weighted by atomic mass is 16.5. The third-order valence-corrected chi connectivity index (χ3v) is 2.97. The largest absolute Gasteiger partial charge is 0.377 e. The summed E-state index contributed by atoms with van der Waals surface area (Å²) in [5, 5.41) is 3.46. The van der Waals surface area contributed by atoms with Crippen molar-refractivity contribution >= 4 is 0 Å². The zero-order valence-corrected chi connectivity index (χ0v) is 9.33. The van der Waals surface area contributed by atoms with Crippen LogP contribution in [0, 0.1) is 6.92 Å². The van der Waals surface area contributed by atoms with Crippen LogP contribution in [0.25, 0.3) is 0 Å². The molecular formula is C13H19NO. The van der Waals surface area contributed by atoms with E-state index in [2.05, 4.69) is 36.5 Å². The van der Waals surface area contributed by atoms with Gasteiger partial charge in [-0.2, -0.15) is 0 Å². The fourth-order valence-electron chi connectivity index (χ4n) is 1.98. The maximum atomic E-state index is 5.56. The van der Waals surface area contributed by atoms with Crippen LogP contribution in [0.15, 0.2) is 24.3 Å². The highest BCUT2D eigenvalue weighted by molar-refractivity contribution is 5.25. The van der Waals surface area contributed by atoms with Gasteiger partial charge in [0, 0.05) is 19.7 Å². The Bertz CT molecular complexity index is 305. The first-order valence-electron chi connectivity index (χ1n) is 5.73. The van der Waals surface area contributed by atoms with Crippen LogP contribution in [0.3, 0.4) is 0 Å². The predicted molar refractivity (Wildman–Crippen MR) is 61.9 cm³/mol. The van der Waals surface area contributed by atoms with E-state index in [9.17, 15) is 0 Å². The van der Waals surface area contributed by atoms with Gasteiger partial charge in [-0.1, -0.05) is 24.3 Å². The molecule has 1 aromatic rings. The van der Waals surface area contributed by atoms with Crippen molar-refractivity contribution in [2.45, 2.75) is 32.4 Å². The van der Waals surface area contributed by atoms with Gasteiger partial charge in [-0.15, -0.1) is 0 Å². The molecule has 2 nitrogen and oxygen atoms in total. The molecule has 0 amide bonds. The highest BCUT2D eigenvalue weighted by Gasteiger charge is 2.14. The second kappa shape index (κ2) is 5.29. The van der Waals surface area contributed by atoms with Gasteiger partial charge in [-0.05, 0) is 30.9 Å². The molecule has 0 spiro atoms. The first-order valence-corrected chi connectivity index (χ1v) is 5.73. The molecule has 1 aliphatic rings. The van der Waals surface area contributed by atoms with Gasteiger partial charge in [-0.25, -0.2) is 0 Å². The van der Waals surface area contributed by atoms with Crippen LogP contribution in [-0.4, -0.2) is 19.3 Å². The van der Waals surface area contributed by atoms with Crippen LogP contribution < -0.4 is 5.32 Å². The average molecular weight is 205 g/mol. The van der Waals surface area contributed by atoms with Gasteiger partial charge in [0.2, 0.25) is 0 Å². The molecular weight excluding hydrogens is 186 g/mol. The van der Waals surface area contributed by atoms with Crippen molar-refractivity contribution in [1.82, 2.24) is 5.32 Å². The van der Waals surface area contributed by atoms with E-state index in [0.717, 1.165) is 19.7 Å². The Hall–Kier alpha value is -0.860. The van der Waals surface area contributed by atoms with Crippen LogP contribution in [-0.2, 0) is 11.3 Å². The lowest BCUT2D eigenvalue weighted by Crippen LogP contribution is -2.26. The molecule has 0 radical (unpaired) electrons. The van der Waals surface area contributed by atoms with E-state index in [1.54, 1.807) is 0 Å². The quantitative estimate of drug-likeness (QED) is 0.814. The molecule has 1 aliphatic heterocycles. The lowest BCUT2D eigenvalue weighted by molar-refractivity contribution is 0.110. The maximum absolute atomic E-state index is 5.56. The Balaban J connectivity index is 1.75. The van der Waals surface area contributed by atoms with E-state index in [4.69, 9.17) is 4.74 Å². The molecule has 82 valence electrons. The molecule has 1 N–H and O–H groups in total. The SMILES string of the molecule is Cc1ccccc1CNC[C@H]1CCCO1. The first kappa shape index (κ1) is 10.7. The van der Waals surface area contributed by atoms with Crippen LogP contribution in [0.1, 0.15) is 24.0 Å². The molecule has 2 heteroatoms. The Labute approximate surface area is 91.6 Å². The Kier molecular flexibility index (Phi) is 3.75. The molecule has 0 unspecified atom stereocenters. The molecule has 0 aromatic heterocycles. The van der Waals surface area contributed by atoms with Crippen LogP contribution in [0.4, 0.5) is 0 Å². The number of hydrogen-bond acceptors (Lipinski definition) is 2. The molecule has 1 aromatic carbocycles. The van der Waals surface area contributed by atoms with Crippen molar-refractivity contribution in [3.05, 3.63) is 35.4 Å². The molecule has 0 saturated carbocycles. The third kappa shape index (κ3) is 3.05. The third-order valence-electron chi connectivity index (χ3n) is 2.97. The second-order valence-electron chi connectivity index (χ2n) is 4.19. The van der Waals surface area contributed by atoms with Crippen molar-refractivity contribution in [2.75, 3.05) is 13.2 Å². The molecule has 1 fully saturated rings. The number of ether oxygens (including phenoxy) is 1. The van der Waals surface area contributed by atoms with Crippen molar-refractivity contribution in [3.8, 4) is 0 Å². The Morgan fingerprint density at radius 1 is 1.40 bits per heavy atom. The minimum atomic E-state index is 0.439. The molecule has 0 aliphatic carbocycles. The topological polar surface area (TPSA) is 21.3 Å². The summed E-state index contributed by atoms with van der Waals surface area (Å²) in [6.07, 6.45) is 2.87. The minimum absolute atomic E-state index is 0.439. The number of nitrogens with one attached hydrogen (secondary N) is 1. The summed E-state index contributed by atoms with van der Waals surface area (Å²) >= 11 is 0. The fourth-order valence-corrected chi connectivity index (χ4v) is 1.98. The Morgan fingerprint density at radius 2 is 2.27 bits per heavy atom. The van der Waals surface area contributed by atoms with Crippen molar-refractivity contribution < 1.29 is 4.74 Å². The lowest BCUT2D eigenvalue weighted by Gasteiger charge is -2.11. The average Bonchev–Trinajstić information content (AvgIpc) is 2.74. The number of rotatable bonds is 4. The zero-order chi connectivity index (χ0) is 10.5. The van der Waals surface area contributed by atoms with Gasteiger partial charge in [0.05, 0.1) is 6.10 Å².